The number of aromatic nitrogens is 2. The van der Waals surface area contributed by atoms with E-state index in [0.717, 1.165) is 31.0 Å². The van der Waals surface area contributed by atoms with Crippen molar-refractivity contribution >= 4 is 44.3 Å². The van der Waals surface area contributed by atoms with Gasteiger partial charge in [0.1, 0.15) is 5.03 Å². The first-order valence-corrected chi connectivity index (χ1v) is 7.28. The van der Waals surface area contributed by atoms with Crippen LogP contribution in [0.5, 0.6) is 0 Å². The Kier molecular flexibility index (Phi) is 3.40. The van der Waals surface area contributed by atoms with Gasteiger partial charge in [-0.3, -0.25) is 4.98 Å². The Morgan fingerprint density at radius 3 is 2.63 bits per heavy atom. The van der Waals surface area contributed by atoms with Crippen LogP contribution in [0.15, 0.2) is 63.2 Å². The van der Waals surface area contributed by atoms with Crippen molar-refractivity contribution in [3.05, 3.63) is 53.3 Å². The predicted molar refractivity (Wildman–Crippen MR) is 82.2 cm³/mol. The monoisotopic (exact) mass is 331 g/mol. The second-order valence-corrected chi connectivity index (χ2v) is 5.82. The number of anilines is 1. The molecule has 0 saturated heterocycles. The van der Waals surface area contributed by atoms with Crippen molar-refractivity contribution in [1.29, 1.82) is 0 Å². The Hall–Kier alpha value is -1.59. The first-order chi connectivity index (χ1) is 9.25. The third-order valence-electron chi connectivity index (χ3n) is 2.72. The molecule has 0 bridgehead atoms. The van der Waals surface area contributed by atoms with Crippen molar-refractivity contribution < 1.29 is 0 Å². The molecule has 0 aliphatic heterocycles. The summed E-state index contributed by atoms with van der Waals surface area (Å²) in [6.45, 7) is 0. The fourth-order valence-corrected chi connectivity index (χ4v) is 3.14. The summed E-state index contributed by atoms with van der Waals surface area (Å²) in [6, 6.07) is 11.7. The minimum absolute atomic E-state index is 0.744. The molecule has 0 atom stereocenters. The Labute approximate surface area is 123 Å². The van der Waals surface area contributed by atoms with Gasteiger partial charge in [0.2, 0.25) is 0 Å². The van der Waals surface area contributed by atoms with Crippen LogP contribution in [0.1, 0.15) is 0 Å². The molecule has 0 aliphatic rings. The summed E-state index contributed by atoms with van der Waals surface area (Å²) >= 11 is 5.04. The molecule has 0 aliphatic carbocycles. The third-order valence-corrected chi connectivity index (χ3v) is 4.72. The number of nitrogens with two attached hydrogens (primary N) is 1. The van der Waals surface area contributed by atoms with Crippen LogP contribution in [0.25, 0.3) is 10.9 Å². The topological polar surface area (TPSA) is 51.8 Å². The van der Waals surface area contributed by atoms with Gasteiger partial charge in [0.25, 0.3) is 0 Å². The summed E-state index contributed by atoms with van der Waals surface area (Å²) in [5.74, 6) is 0. The van der Waals surface area contributed by atoms with E-state index in [9.17, 15) is 0 Å². The van der Waals surface area contributed by atoms with E-state index < -0.39 is 0 Å². The Morgan fingerprint density at radius 2 is 1.79 bits per heavy atom. The molecule has 0 amide bonds. The van der Waals surface area contributed by atoms with E-state index in [-0.39, 0.29) is 0 Å². The van der Waals surface area contributed by atoms with Gasteiger partial charge < -0.3 is 5.73 Å². The molecule has 2 aromatic heterocycles. The summed E-state index contributed by atoms with van der Waals surface area (Å²) in [5.41, 5.74) is 7.86. The maximum Gasteiger partial charge on any atom is 0.115 e. The predicted octanol–water partition coefficient (Wildman–Crippen LogP) is 4.13. The molecule has 3 nitrogen and oxygen atoms in total. The zero-order valence-electron chi connectivity index (χ0n) is 9.88. The number of hydrogen-bond donors (Lipinski definition) is 1. The van der Waals surface area contributed by atoms with E-state index in [4.69, 9.17) is 5.73 Å². The molecule has 0 fully saturated rings. The highest BCUT2D eigenvalue weighted by molar-refractivity contribution is 9.10. The lowest BCUT2D eigenvalue weighted by molar-refractivity contribution is 1.11. The van der Waals surface area contributed by atoms with Crippen molar-refractivity contribution in [2.75, 3.05) is 5.73 Å². The third kappa shape index (κ3) is 2.43. The van der Waals surface area contributed by atoms with E-state index >= 15 is 0 Å². The smallest absolute Gasteiger partial charge is 0.115 e. The van der Waals surface area contributed by atoms with Crippen molar-refractivity contribution in [1.82, 2.24) is 9.97 Å². The molecule has 3 aromatic rings. The number of hydrogen-bond acceptors (Lipinski definition) is 4. The van der Waals surface area contributed by atoms with Crippen LogP contribution in [0.3, 0.4) is 0 Å². The summed E-state index contributed by atoms with van der Waals surface area (Å²) in [7, 11) is 0. The standard InChI is InChI=1S/C14H10BrN3S/c15-10-4-2-8-18-14(10)19-12-6-5-11-9(13(12)16)3-1-7-17-11/h1-8H,16H2. The summed E-state index contributed by atoms with van der Waals surface area (Å²) in [5, 5.41) is 1.87. The molecule has 2 heterocycles. The minimum Gasteiger partial charge on any atom is -0.397 e. The maximum absolute atomic E-state index is 6.21. The zero-order valence-corrected chi connectivity index (χ0v) is 12.3. The molecule has 0 radical (unpaired) electrons. The number of pyridine rings is 2. The first kappa shape index (κ1) is 12.4. The summed E-state index contributed by atoms with van der Waals surface area (Å²) in [4.78, 5) is 9.62. The average molecular weight is 332 g/mol. The van der Waals surface area contributed by atoms with Gasteiger partial charge in [0.05, 0.1) is 15.7 Å². The molecule has 0 spiro atoms. The fourth-order valence-electron chi connectivity index (χ4n) is 1.79. The number of halogens is 1. The number of nitrogen functional groups attached to an aromatic ring is 1. The van der Waals surface area contributed by atoms with E-state index in [1.165, 1.54) is 0 Å². The SMILES string of the molecule is Nc1c(Sc2ncccc2Br)ccc2ncccc12. The van der Waals surface area contributed by atoms with Gasteiger partial charge in [-0.15, -0.1) is 0 Å². The van der Waals surface area contributed by atoms with E-state index in [1.807, 2.05) is 36.4 Å². The van der Waals surface area contributed by atoms with E-state index in [2.05, 4.69) is 25.9 Å². The quantitative estimate of drug-likeness (QED) is 0.717. The zero-order chi connectivity index (χ0) is 13.2. The number of fused-ring (bicyclic) bond motifs is 1. The van der Waals surface area contributed by atoms with Crippen molar-refractivity contribution in [3.63, 3.8) is 0 Å². The van der Waals surface area contributed by atoms with E-state index in [0.29, 0.717) is 0 Å². The van der Waals surface area contributed by atoms with Gasteiger partial charge in [-0.2, -0.15) is 0 Å². The molecule has 94 valence electrons. The Balaban J connectivity index is 2.07. The molecule has 0 unspecified atom stereocenters. The molecule has 19 heavy (non-hydrogen) atoms. The lowest BCUT2D eigenvalue weighted by Crippen LogP contribution is -1.92. The van der Waals surface area contributed by atoms with Crippen molar-refractivity contribution in [2.45, 2.75) is 9.92 Å². The van der Waals surface area contributed by atoms with Crippen LogP contribution >= 0.6 is 27.7 Å². The van der Waals surface area contributed by atoms with Gasteiger partial charge in [0, 0.05) is 22.7 Å². The van der Waals surface area contributed by atoms with Crippen LogP contribution < -0.4 is 5.73 Å². The molecule has 2 N–H and O–H groups in total. The summed E-state index contributed by atoms with van der Waals surface area (Å²) < 4.78 is 0.964. The fraction of sp³-hybridized carbons (Fsp3) is 0. The van der Waals surface area contributed by atoms with Crippen LogP contribution in [0.4, 0.5) is 5.69 Å². The molecule has 0 saturated carbocycles. The second kappa shape index (κ2) is 5.19. The highest BCUT2D eigenvalue weighted by atomic mass is 79.9. The van der Waals surface area contributed by atoms with Crippen LogP contribution in [-0.4, -0.2) is 9.97 Å². The lowest BCUT2D eigenvalue weighted by Gasteiger charge is -2.08. The van der Waals surface area contributed by atoms with Gasteiger partial charge in [-0.1, -0.05) is 11.8 Å². The van der Waals surface area contributed by atoms with Crippen molar-refractivity contribution in [3.8, 4) is 0 Å². The summed E-state index contributed by atoms with van der Waals surface area (Å²) in [6.07, 6.45) is 3.54. The second-order valence-electron chi connectivity index (χ2n) is 3.94. The first-order valence-electron chi connectivity index (χ1n) is 5.67. The van der Waals surface area contributed by atoms with Crippen LogP contribution in [0.2, 0.25) is 0 Å². The molecular formula is C14H10BrN3S. The van der Waals surface area contributed by atoms with Crippen LogP contribution in [0, 0.1) is 0 Å². The number of rotatable bonds is 2. The maximum atomic E-state index is 6.21. The van der Waals surface area contributed by atoms with E-state index in [1.54, 1.807) is 24.2 Å². The largest absolute Gasteiger partial charge is 0.397 e. The number of nitrogens with zero attached hydrogens (tertiary/aromatic N) is 2. The average Bonchev–Trinajstić information content (AvgIpc) is 2.44. The lowest BCUT2D eigenvalue weighted by atomic mass is 10.2. The molecule has 5 heteroatoms. The van der Waals surface area contributed by atoms with Gasteiger partial charge >= 0.3 is 0 Å². The molecular weight excluding hydrogens is 322 g/mol. The molecule has 3 rings (SSSR count). The van der Waals surface area contributed by atoms with Gasteiger partial charge in [-0.25, -0.2) is 4.98 Å². The van der Waals surface area contributed by atoms with Gasteiger partial charge in [-0.05, 0) is 52.3 Å². The highest BCUT2D eigenvalue weighted by Crippen LogP contribution is 2.37. The Bertz CT molecular complexity index is 746. The normalized spacial score (nSPS) is 10.8. The number of benzene rings is 1. The van der Waals surface area contributed by atoms with Gasteiger partial charge in [0.15, 0.2) is 0 Å². The molecule has 1 aromatic carbocycles. The van der Waals surface area contributed by atoms with Crippen LogP contribution in [-0.2, 0) is 0 Å². The highest BCUT2D eigenvalue weighted by Gasteiger charge is 2.09. The van der Waals surface area contributed by atoms with Crippen molar-refractivity contribution in [2.24, 2.45) is 0 Å². The Morgan fingerprint density at radius 1 is 1.00 bits per heavy atom. The minimum atomic E-state index is 0.744.